The lowest BCUT2D eigenvalue weighted by Gasteiger charge is -2.21. The molecule has 0 aliphatic heterocycles. The van der Waals surface area contributed by atoms with E-state index >= 15 is 0 Å². The van der Waals surface area contributed by atoms with Crippen molar-refractivity contribution in [3.05, 3.63) is 35.9 Å². The van der Waals surface area contributed by atoms with Crippen LogP contribution >= 0.6 is 0 Å². The predicted molar refractivity (Wildman–Crippen MR) is 66.1 cm³/mol. The highest BCUT2D eigenvalue weighted by Crippen LogP contribution is 2.13. The van der Waals surface area contributed by atoms with E-state index in [9.17, 15) is 4.79 Å². The molecule has 3 heteroatoms. The van der Waals surface area contributed by atoms with Crippen molar-refractivity contribution in [3.63, 3.8) is 0 Å². The summed E-state index contributed by atoms with van der Waals surface area (Å²) in [5.74, 6) is 0.00602. The van der Waals surface area contributed by atoms with Gasteiger partial charge in [0.25, 0.3) is 0 Å². The van der Waals surface area contributed by atoms with Gasteiger partial charge >= 0.3 is 0 Å². The van der Waals surface area contributed by atoms with Crippen LogP contribution in [0.4, 0.5) is 0 Å². The number of benzene rings is 1. The topological polar surface area (TPSA) is 41.1 Å². The zero-order valence-electron chi connectivity index (χ0n) is 10.2. The minimum absolute atomic E-state index is 0.00602. The van der Waals surface area contributed by atoms with Crippen molar-refractivity contribution in [2.75, 3.05) is 7.05 Å². The fourth-order valence-electron chi connectivity index (χ4n) is 1.52. The number of carbonyl (C=O) groups excluding carboxylic acids is 1. The number of rotatable bonds is 5. The van der Waals surface area contributed by atoms with Crippen molar-refractivity contribution >= 4 is 5.91 Å². The summed E-state index contributed by atoms with van der Waals surface area (Å²) in [6.45, 7) is 4.18. The third-order valence-corrected chi connectivity index (χ3v) is 2.71. The van der Waals surface area contributed by atoms with Crippen molar-refractivity contribution in [2.24, 2.45) is 0 Å². The van der Waals surface area contributed by atoms with Crippen LogP contribution in [0.5, 0.6) is 0 Å². The third kappa shape index (κ3) is 3.35. The Morgan fingerprint density at radius 1 is 1.31 bits per heavy atom. The summed E-state index contributed by atoms with van der Waals surface area (Å²) in [7, 11) is 1.66. The molecule has 0 aromatic heterocycles. The van der Waals surface area contributed by atoms with E-state index in [-0.39, 0.29) is 11.9 Å². The van der Waals surface area contributed by atoms with Crippen molar-refractivity contribution in [1.82, 2.24) is 10.6 Å². The number of hydrogen-bond acceptors (Lipinski definition) is 2. The zero-order valence-corrected chi connectivity index (χ0v) is 10.2. The molecule has 16 heavy (non-hydrogen) atoms. The molecule has 0 heterocycles. The van der Waals surface area contributed by atoms with E-state index in [2.05, 4.69) is 24.5 Å². The second-order valence-corrected chi connectivity index (χ2v) is 3.93. The Hall–Kier alpha value is -1.35. The molecule has 0 saturated carbocycles. The summed E-state index contributed by atoms with van der Waals surface area (Å²) in [6, 6.07) is 9.84. The van der Waals surface area contributed by atoms with Crippen molar-refractivity contribution in [2.45, 2.75) is 32.4 Å². The van der Waals surface area contributed by atoms with Gasteiger partial charge in [0.15, 0.2) is 0 Å². The van der Waals surface area contributed by atoms with Crippen LogP contribution in [0.25, 0.3) is 0 Å². The second kappa shape index (κ2) is 6.28. The smallest absolute Gasteiger partial charge is 0.241 e. The third-order valence-electron chi connectivity index (χ3n) is 2.71. The highest BCUT2D eigenvalue weighted by molar-refractivity contribution is 5.82. The van der Waals surface area contributed by atoms with Crippen molar-refractivity contribution in [1.29, 1.82) is 0 Å². The first-order valence-corrected chi connectivity index (χ1v) is 5.71. The molecule has 3 nitrogen and oxygen atoms in total. The summed E-state index contributed by atoms with van der Waals surface area (Å²) in [4.78, 5) is 11.8. The van der Waals surface area contributed by atoms with Gasteiger partial charge in [0.2, 0.25) is 5.91 Å². The highest BCUT2D eigenvalue weighted by Gasteiger charge is 2.20. The lowest BCUT2D eigenvalue weighted by atomic mass is 10.0. The SMILES string of the molecule is CCC(C)N[C@@H](C(=O)NC)c1ccccc1. The van der Waals surface area contributed by atoms with Gasteiger partial charge in [0, 0.05) is 13.1 Å². The maximum Gasteiger partial charge on any atom is 0.241 e. The van der Waals surface area contributed by atoms with Crippen LogP contribution in [0.15, 0.2) is 30.3 Å². The fraction of sp³-hybridized carbons (Fsp3) is 0.462. The lowest BCUT2D eigenvalue weighted by Crippen LogP contribution is -2.39. The molecular weight excluding hydrogens is 200 g/mol. The molecule has 1 unspecified atom stereocenters. The first-order chi connectivity index (χ1) is 7.69. The van der Waals surface area contributed by atoms with Gasteiger partial charge in [-0.25, -0.2) is 0 Å². The first kappa shape index (κ1) is 12.7. The van der Waals surface area contributed by atoms with Gasteiger partial charge in [-0.2, -0.15) is 0 Å². The number of likely N-dealkylation sites (N-methyl/N-ethyl adjacent to an activating group) is 1. The molecule has 1 rings (SSSR count). The van der Waals surface area contributed by atoms with Gasteiger partial charge in [-0.1, -0.05) is 37.3 Å². The normalized spacial score (nSPS) is 14.2. The summed E-state index contributed by atoms with van der Waals surface area (Å²) >= 11 is 0. The molecule has 0 aliphatic rings. The summed E-state index contributed by atoms with van der Waals surface area (Å²) in [5.41, 5.74) is 1.00. The van der Waals surface area contributed by atoms with Gasteiger partial charge < -0.3 is 5.32 Å². The van der Waals surface area contributed by atoms with Gasteiger partial charge in [0.1, 0.15) is 6.04 Å². The van der Waals surface area contributed by atoms with Crippen LogP contribution < -0.4 is 10.6 Å². The van der Waals surface area contributed by atoms with E-state index < -0.39 is 0 Å². The van der Waals surface area contributed by atoms with Crippen molar-refractivity contribution in [3.8, 4) is 0 Å². The van der Waals surface area contributed by atoms with Crippen LogP contribution in [-0.2, 0) is 4.79 Å². The Morgan fingerprint density at radius 2 is 1.94 bits per heavy atom. The van der Waals surface area contributed by atoms with E-state index in [0.717, 1.165) is 12.0 Å². The number of amides is 1. The fourth-order valence-corrected chi connectivity index (χ4v) is 1.52. The Labute approximate surface area is 97.2 Å². The van der Waals surface area contributed by atoms with Gasteiger partial charge in [-0.3, -0.25) is 10.1 Å². The van der Waals surface area contributed by atoms with E-state index in [0.29, 0.717) is 6.04 Å². The maximum atomic E-state index is 11.8. The monoisotopic (exact) mass is 220 g/mol. The minimum atomic E-state index is -0.263. The van der Waals surface area contributed by atoms with Gasteiger partial charge in [-0.05, 0) is 18.9 Å². The molecule has 0 spiro atoms. The Kier molecular flexibility index (Phi) is 4.99. The Morgan fingerprint density at radius 3 is 2.44 bits per heavy atom. The summed E-state index contributed by atoms with van der Waals surface area (Å²) in [6.07, 6.45) is 1.00. The van der Waals surface area contributed by atoms with E-state index in [1.165, 1.54) is 0 Å². The van der Waals surface area contributed by atoms with Crippen LogP contribution in [0.3, 0.4) is 0 Å². The quantitative estimate of drug-likeness (QED) is 0.795. The largest absolute Gasteiger partial charge is 0.358 e. The average Bonchev–Trinajstić information content (AvgIpc) is 2.35. The first-order valence-electron chi connectivity index (χ1n) is 5.71. The molecule has 0 radical (unpaired) electrons. The molecule has 1 aromatic rings. The summed E-state index contributed by atoms with van der Waals surface area (Å²) < 4.78 is 0. The molecule has 2 atom stereocenters. The van der Waals surface area contributed by atoms with Crippen LogP contribution in [0, 0.1) is 0 Å². The molecule has 1 amide bonds. The second-order valence-electron chi connectivity index (χ2n) is 3.93. The maximum absolute atomic E-state index is 11.8. The van der Waals surface area contributed by atoms with Crippen molar-refractivity contribution < 1.29 is 4.79 Å². The molecule has 0 bridgehead atoms. The minimum Gasteiger partial charge on any atom is -0.358 e. The molecular formula is C13H20N2O. The van der Waals surface area contributed by atoms with E-state index in [4.69, 9.17) is 0 Å². The molecule has 0 fully saturated rings. The Bertz CT molecular complexity index is 324. The highest BCUT2D eigenvalue weighted by atomic mass is 16.2. The molecule has 0 aliphatic carbocycles. The van der Waals surface area contributed by atoms with Crippen LogP contribution in [0.2, 0.25) is 0 Å². The van der Waals surface area contributed by atoms with Gasteiger partial charge in [0.05, 0.1) is 0 Å². The van der Waals surface area contributed by atoms with Gasteiger partial charge in [-0.15, -0.1) is 0 Å². The molecule has 88 valence electrons. The predicted octanol–water partition coefficient (Wildman–Crippen LogP) is 1.86. The molecule has 1 aromatic carbocycles. The van der Waals surface area contributed by atoms with Crippen LogP contribution in [0.1, 0.15) is 31.9 Å². The number of hydrogen-bond donors (Lipinski definition) is 2. The van der Waals surface area contributed by atoms with E-state index in [1.54, 1.807) is 7.05 Å². The van der Waals surface area contributed by atoms with Crippen LogP contribution in [-0.4, -0.2) is 19.0 Å². The number of nitrogens with one attached hydrogen (secondary N) is 2. The molecule has 0 saturated heterocycles. The lowest BCUT2D eigenvalue weighted by molar-refractivity contribution is -0.123. The standard InChI is InChI=1S/C13H20N2O/c1-4-10(2)15-12(13(16)14-3)11-8-6-5-7-9-11/h5-10,12,15H,4H2,1-3H3,(H,14,16)/t10?,12-/m1/s1. The summed E-state index contributed by atoms with van der Waals surface area (Å²) in [5, 5.41) is 6.01. The molecule has 2 N–H and O–H groups in total. The van der Waals surface area contributed by atoms with E-state index in [1.807, 2.05) is 30.3 Å². The average molecular weight is 220 g/mol. The Balaban J connectivity index is 2.84. The zero-order chi connectivity index (χ0) is 12.0. The number of carbonyl (C=O) groups is 1.